The molecule has 68 valence electrons. The van der Waals surface area contributed by atoms with Crippen LogP contribution in [-0.4, -0.2) is 11.7 Å². The largest absolute Gasteiger partial charge is 0.508 e. The second-order valence-electron chi connectivity index (χ2n) is 2.21. The topological polar surface area (TPSA) is 29.5 Å². The van der Waals surface area contributed by atoms with E-state index < -0.39 is 0 Å². The first-order chi connectivity index (χ1) is 6.33. The molecule has 0 aliphatic heterocycles. The summed E-state index contributed by atoms with van der Waals surface area (Å²) in [6.45, 7) is 0.911. The van der Waals surface area contributed by atoms with Crippen LogP contribution in [0.4, 0.5) is 0 Å². The monoisotopic (exact) mass is 306 g/mol. The predicted octanol–water partition coefficient (Wildman–Crippen LogP) is 2.70. The van der Waals surface area contributed by atoms with Gasteiger partial charge in [0, 0.05) is 5.56 Å². The summed E-state index contributed by atoms with van der Waals surface area (Å²) in [5.74, 6) is 6.05. The minimum Gasteiger partial charge on any atom is -0.508 e. The second kappa shape index (κ2) is 6.20. The molecule has 4 heteroatoms. The van der Waals surface area contributed by atoms with E-state index >= 15 is 0 Å². The van der Waals surface area contributed by atoms with Crippen molar-refractivity contribution in [3.05, 3.63) is 29.8 Å². The maximum absolute atomic E-state index is 8.99. The highest BCUT2D eigenvalue weighted by atomic mass is 127. The Labute approximate surface area is 92.0 Å². The van der Waals surface area contributed by atoms with Crippen LogP contribution in [-0.2, 0) is 4.52 Å². The molecule has 13 heavy (non-hydrogen) atoms. The van der Waals surface area contributed by atoms with E-state index in [0.717, 1.165) is 5.56 Å². The summed E-state index contributed by atoms with van der Waals surface area (Å²) < 4.78 is 5.07. The van der Waals surface area contributed by atoms with E-state index in [1.807, 2.05) is 0 Å². The van der Waals surface area contributed by atoms with E-state index in [4.69, 9.17) is 9.63 Å². The van der Waals surface area contributed by atoms with Crippen LogP contribution >= 0.6 is 28.5 Å². The molecule has 0 bridgehead atoms. The Bertz CT molecular complexity index is 313. The van der Waals surface area contributed by atoms with Crippen molar-refractivity contribution in [2.45, 2.75) is 0 Å². The molecule has 1 aromatic carbocycles. The van der Waals surface area contributed by atoms with Crippen LogP contribution in [0.15, 0.2) is 24.3 Å². The highest BCUT2D eigenvalue weighted by Crippen LogP contribution is 2.20. The van der Waals surface area contributed by atoms with Gasteiger partial charge in [0.1, 0.15) is 12.4 Å². The number of phenols is 1. The lowest BCUT2D eigenvalue weighted by atomic mass is 10.2. The fourth-order valence-corrected chi connectivity index (χ4v) is 1.34. The summed E-state index contributed by atoms with van der Waals surface area (Å²) in [5, 5.41) is 8.99. The maximum Gasteiger partial charge on any atom is 0.115 e. The van der Waals surface area contributed by atoms with Crippen LogP contribution in [0, 0.1) is 11.8 Å². The molecule has 0 spiro atoms. The Morgan fingerprint density at radius 3 is 2.69 bits per heavy atom. The summed E-state index contributed by atoms with van der Waals surface area (Å²) in [6, 6.07) is 6.78. The molecule has 1 aromatic rings. The maximum atomic E-state index is 8.99. The van der Waals surface area contributed by atoms with Gasteiger partial charge in [-0.1, -0.05) is 11.8 Å². The molecule has 0 aliphatic carbocycles. The minimum absolute atomic E-state index is 0.260. The molecule has 0 aliphatic rings. The zero-order valence-corrected chi connectivity index (χ0v) is 9.91. The molecule has 0 amide bonds. The molecule has 1 atom stereocenters. The summed E-state index contributed by atoms with van der Waals surface area (Å²) in [5.41, 5.74) is 0.887. The van der Waals surface area contributed by atoms with Crippen LogP contribution in [0.3, 0.4) is 0 Å². The van der Waals surface area contributed by atoms with Crippen LogP contribution < -0.4 is 0 Å². The van der Waals surface area contributed by atoms with Gasteiger partial charge in [-0.05, 0) is 46.3 Å². The SMILES string of the molecule is Oc1ccc(C#CCOPI)cc1. The van der Waals surface area contributed by atoms with Crippen LogP contribution in [0.25, 0.3) is 0 Å². The molecule has 1 N–H and O–H groups in total. The number of phenolic OH excluding ortho intramolecular Hbond substituents is 1. The first kappa shape index (κ1) is 10.8. The van der Waals surface area contributed by atoms with Crippen LogP contribution in [0.2, 0.25) is 0 Å². The Hall–Kier alpha value is -0.300. The van der Waals surface area contributed by atoms with E-state index in [9.17, 15) is 0 Å². The van der Waals surface area contributed by atoms with Gasteiger partial charge in [-0.15, -0.1) is 0 Å². The predicted molar refractivity (Wildman–Crippen MR) is 63.3 cm³/mol. The Balaban J connectivity index is 2.52. The van der Waals surface area contributed by atoms with E-state index in [0.29, 0.717) is 13.1 Å². The molecule has 0 heterocycles. The standard InChI is InChI=1S/C9H8IO2P/c10-13-12-7-1-2-8-3-5-9(11)6-4-8/h3-6,11,13H,7H2. The van der Waals surface area contributed by atoms with Crippen molar-refractivity contribution in [2.24, 2.45) is 0 Å². The number of rotatable bonds is 2. The van der Waals surface area contributed by atoms with E-state index in [1.54, 1.807) is 24.3 Å². The Kier molecular flexibility index (Phi) is 5.14. The number of hydrogen-bond donors (Lipinski definition) is 1. The van der Waals surface area contributed by atoms with Crippen molar-refractivity contribution >= 4 is 28.5 Å². The number of halogens is 1. The van der Waals surface area contributed by atoms with Gasteiger partial charge in [-0.25, -0.2) is 0 Å². The Morgan fingerprint density at radius 2 is 2.08 bits per heavy atom. The third-order valence-electron chi connectivity index (χ3n) is 1.30. The molecule has 0 fully saturated rings. The Morgan fingerprint density at radius 1 is 1.38 bits per heavy atom. The smallest absolute Gasteiger partial charge is 0.115 e. The second-order valence-corrected chi connectivity index (χ2v) is 3.98. The first-order valence-corrected chi connectivity index (χ1v) is 7.60. The fourth-order valence-electron chi connectivity index (χ4n) is 0.746. The van der Waals surface area contributed by atoms with Crippen molar-refractivity contribution in [1.29, 1.82) is 0 Å². The quantitative estimate of drug-likeness (QED) is 0.394. The lowest BCUT2D eigenvalue weighted by Gasteiger charge is -1.91. The number of aromatic hydroxyl groups is 1. The zero-order chi connectivity index (χ0) is 9.52. The molecule has 2 nitrogen and oxygen atoms in total. The van der Waals surface area contributed by atoms with Gasteiger partial charge >= 0.3 is 0 Å². The van der Waals surface area contributed by atoms with Crippen molar-refractivity contribution in [3.8, 4) is 17.6 Å². The summed E-state index contributed by atoms with van der Waals surface area (Å²) in [6.07, 6.45) is 0. The lowest BCUT2D eigenvalue weighted by molar-refractivity contribution is 0.434. The lowest BCUT2D eigenvalue weighted by Crippen LogP contribution is -1.77. The van der Waals surface area contributed by atoms with Crippen LogP contribution in [0.1, 0.15) is 5.56 Å². The highest BCUT2D eigenvalue weighted by Gasteiger charge is 1.86. The van der Waals surface area contributed by atoms with E-state index in [2.05, 4.69) is 33.9 Å². The molecule has 1 unspecified atom stereocenters. The average Bonchev–Trinajstić information content (AvgIpc) is 2.15. The van der Waals surface area contributed by atoms with Crippen LogP contribution in [0.5, 0.6) is 5.75 Å². The fraction of sp³-hybridized carbons (Fsp3) is 0.111. The third kappa shape index (κ3) is 4.47. The van der Waals surface area contributed by atoms with Gasteiger partial charge in [-0.3, -0.25) is 0 Å². The van der Waals surface area contributed by atoms with Crippen molar-refractivity contribution in [3.63, 3.8) is 0 Å². The van der Waals surface area contributed by atoms with Crippen molar-refractivity contribution in [2.75, 3.05) is 6.61 Å². The average molecular weight is 306 g/mol. The van der Waals surface area contributed by atoms with Gasteiger partial charge in [0.05, 0.1) is 6.45 Å². The molecule has 1 rings (SSSR count). The molecule has 0 saturated carbocycles. The van der Waals surface area contributed by atoms with Gasteiger partial charge in [-0.2, -0.15) is 0 Å². The van der Waals surface area contributed by atoms with Crippen molar-refractivity contribution in [1.82, 2.24) is 0 Å². The highest BCUT2D eigenvalue weighted by molar-refractivity contribution is 14.2. The molecule has 0 saturated heterocycles. The minimum atomic E-state index is 0.260. The summed E-state index contributed by atoms with van der Waals surface area (Å²) in [7, 11) is 0. The normalized spacial score (nSPS) is 9.92. The number of benzene rings is 1. The first-order valence-electron chi connectivity index (χ1n) is 3.58. The zero-order valence-electron chi connectivity index (χ0n) is 6.75. The van der Waals surface area contributed by atoms with Crippen molar-refractivity contribution < 1.29 is 9.63 Å². The molecular weight excluding hydrogens is 298 g/mol. The van der Waals surface area contributed by atoms with Gasteiger partial charge in [0.25, 0.3) is 0 Å². The number of hydrogen-bond acceptors (Lipinski definition) is 2. The molecular formula is C9H8IO2P. The van der Waals surface area contributed by atoms with E-state index in [-0.39, 0.29) is 5.75 Å². The van der Waals surface area contributed by atoms with Gasteiger partial charge in [0.15, 0.2) is 0 Å². The molecule has 0 radical (unpaired) electrons. The molecule has 0 aromatic heterocycles. The van der Waals surface area contributed by atoms with Gasteiger partial charge in [0.2, 0.25) is 0 Å². The summed E-state index contributed by atoms with van der Waals surface area (Å²) in [4.78, 5) is 0. The third-order valence-corrected chi connectivity index (χ3v) is 2.49. The summed E-state index contributed by atoms with van der Waals surface area (Å²) >= 11 is 2.15. The van der Waals surface area contributed by atoms with E-state index in [1.165, 1.54) is 0 Å². The van der Waals surface area contributed by atoms with Gasteiger partial charge < -0.3 is 9.63 Å².